The summed E-state index contributed by atoms with van der Waals surface area (Å²) in [4.78, 5) is 10.5. The van der Waals surface area contributed by atoms with E-state index in [1.54, 1.807) is 0 Å². The summed E-state index contributed by atoms with van der Waals surface area (Å²) in [6.45, 7) is 0.669. The molecule has 1 unspecified atom stereocenters. The predicted octanol–water partition coefficient (Wildman–Crippen LogP) is 2.76. The van der Waals surface area contributed by atoms with Gasteiger partial charge in [0, 0.05) is 12.5 Å². The van der Waals surface area contributed by atoms with Crippen LogP contribution in [0, 0.1) is 0 Å². The van der Waals surface area contributed by atoms with Crippen LogP contribution in [0.5, 0.6) is 0 Å². The van der Waals surface area contributed by atoms with Gasteiger partial charge in [-0.3, -0.25) is 4.79 Å². The van der Waals surface area contributed by atoms with E-state index in [1.807, 2.05) is 36.4 Å². The number of carbonyl (C=O) groups excluding carboxylic acids is 1. The van der Waals surface area contributed by atoms with E-state index in [0.29, 0.717) is 12.5 Å². The standard InChI is InChI=1S/C16H17NO/c18-13-17-12-16(15-9-5-2-6-10-15)11-14-7-3-1-4-8-14/h1-10,13,16H,11-12H2,(H,17,18). The maximum Gasteiger partial charge on any atom is 0.207 e. The maximum absolute atomic E-state index is 10.5. The molecular formula is C16H17NO. The molecule has 0 radical (unpaired) electrons. The van der Waals surface area contributed by atoms with Crippen molar-refractivity contribution in [2.45, 2.75) is 12.3 Å². The van der Waals surface area contributed by atoms with Crippen LogP contribution in [0.25, 0.3) is 0 Å². The maximum atomic E-state index is 10.5. The van der Waals surface area contributed by atoms with E-state index in [2.05, 4.69) is 29.6 Å². The third kappa shape index (κ3) is 3.45. The van der Waals surface area contributed by atoms with Gasteiger partial charge in [-0.15, -0.1) is 0 Å². The molecule has 0 heterocycles. The fourth-order valence-corrected chi connectivity index (χ4v) is 2.12. The molecule has 1 amide bonds. The number of amides is 1. The Bertz CT molecular complexity index is 467. The highest BCUT2D eigenvalue weighted by molar-refractivity contribution is 5.46. The van der Waals surface area contributed by atoms with Gasteiger partial charge in [-0.1, -0.05) is 60.7 Å². The smallest absolute Gasteiger partial charge is 0.207 e. The first-order chi connectivity index (χ1) is 8.90. The normalized spacial score (nSPS) is 11.8. The summed E-state index contributed by atoms with van der Waals surface area (Å²) in [5.41, 5.74) is 2.55. The van der Waals surface area contributed by atoms with Gasteiger partial charge in [0.05, 0.1) is 0 Å². The Hall–Kier alpha value is -2.09. The Balaban J connectivity index is 2.13. The highest BCUT2D eigenvalue weighted by Crippen LogP contribution is 2.19. The van der Waals surface area contributed by atoms with E-state index in [0.717, 1.165) is 12.8 Å². The molecule has 92 valence electrons. The van der Waals surface area contributed by atoms with Gasteiger partial charge < -0.3 is 5.32 Å². The van der Waals surface area contributed by atoms with Crippen molar-refractivity contribution in [2.75, 3.05) is 6.54 Å². The van der Waals surface area contributed by atoms with Crippen LogP contribution in [0.2, 0.25) is 0 Å². The average molecular weight is 239 g/mol. The molecule has 0 fully saturated rings. The number of hydrogen-bond donors (Lipinski definition) is 1. The second-order valence-electron chi connectivity index (χ2n) is 4.32. The number of hydrogen-bond acceptors (Lipinski definition) is 1. The molecule has 2 rings (SSSR count). The lowest BCUT2D eigenvalue weighted by atomic mass is 9.92. The van der Waals surface area contributed by atoms with Crippen molar-refractivity contribution in [3.8, 4) is 0 Å². The molecule has 2 heteroatoms. The van der Waals surface area contributed by atoms with E-state index in [4.69, 9.17) is 0 Å². The Labute approximate surface area is 108 Å². The van der Waals surface area contributed by atoms with Crippen molar-refractivity contribution in [3.63, 3.8) is 0 Å². The summed E-state index contributed by atoms with van der Waals surface area (Å²) in [6.07, 6.45) is 1.70. The molecule has 18 heavy (non-hydrogen) atoms. The second-order valence-corrected chi connectivity index (χ2v) is 4.32. The Morgan fingerprint density at radius 3 is 2.17 bits per heavy atom. The van der Waals surface area contributed by atoms with Crippen LogP contribution in [0.1, 0.15) is 17.0 Å². The SMILES string of the molecule is O=CNCC(Cc1ccccc1)c1ccccc1. The Morgan fingerprint density at radius 2 is 1.56 bits per heavy atom. The fraction of sp³-hybridized carbons (Fsp3) is 0.188. The minimum absolute atomic E-state index is 0.318. The Morgan fingerprint density at radius 1 is 0.944 bits per heavy atom. The zero-order chi connectivity index (χ0) is 12.6. The van der Waals surface area contributed by atoms with Crippen molar-refractivity contribution < 1.29 is 4.79 Å². The molecule has 2 nitrogen and oxygen atoms in total. The first kappa shape index (κ1) is 12.4. The van der Waals surface area contributed by atoms with Crippen molar-refractivity contribution in [3.05, 3.63) is 71.8 Å². The summed E-state index contributed by atoms with van der Waals surface area (Å²) < 4.78 is 0. The van der Waals surface area contributed by atoms with Gasteiger partial charge >= 0.3 is 0 Å². The molecule has 0 spiro atoms. The lowest BCUT2D eigenvalue weighted by Crippen LogP contribution is -2.21. The van der Waals surface area contributed by atoms with Crippen LogP contribution >= 0.6 is 0 Å². The van der Waals surface area contributed by atoms with Crippen LogP contribution in [-0.4, -0.2) is 13.0 Å². The van der Waals surface area contributed by atoms with Crippen LogP contribution in [0.4, 0.5) is 0 Å². The lowest BCUT2D eigenvalue weighted by molar-refractivity contribution is -0.109. The van der Waals surface area contributed by atoms with Crippen LogP contribution < -0.4 is 5.32 Å². The van der Waals surface area contributed by atoms with E-state index in [1.165, 1.54) is 11.1 Å². The predicted molar refractivity (Wildman–Crippen MR) is 73.4 cm³/mol. The number of nitrogens with one attached hydrogen (secondary N) is 1. The monoisotopic (exact) mass is 239 g/mol. The third-order valence-electron chi connectivity index (χ3n) is 3.04. The summed E-state index contributed by atoms with van der Waals surface area (Å²) in [5, 5.41) is 2.79. The van der Waals surface area contributed by atoms with Gasteiger partial charge in [0.25, 0.3) is 0 Å². The number of carbonyl (C=O) groups is 1. The van der Waals surface area contributed by atoms with Crippen molar-refractivity contribution >= 4 is 6.41 Å². The minimum Gasteiger partial charge on any atom is -0.358 e. The molecule has 0 saturated carbocycles. The van der Waals surface area contributed by atoms with Crippen molar-refractivity contribution in [1.82, 2.24) is 5.32 Å². The van der Waals surface area contributed by atoms with E-state index >= 15 is 0 Å². The molecule has 0 aliphatic heterocycles. The highest BCUT2D eigenvalue weighted by Gasteiger charge is 2.11. The summed E-state index contributed by atoms with van der Waals surface area (Å²) in [7, 11) is 0. The largest absolute Gasteiger partial charge is 0.358 e. The average Bonchev–Trinajstić information content (AvgIpc) is 2.45. The first-order valence-corrected chi connectivity index (χ1v) is 6.16. The molecule has 0 aromatic heterocycles. The topological polar surface area (TPSA) is 29.1 Å². The second kappa shape index (κ2) is 6.60. The van der Waals surface area contributed by atoms with E-state index in [-0.39, 0.29) is 0 Å². The molecule has 0 bridgehead atoms. The fourth-order valence-electron chi connectivity index (χ4n) is 2.12. The molecule has 0 saturated heterocycles. The number of benzene rings is 2. The van der Waals surface area contributed by atoms with Gasteiger partial charge in [0.15, 0.2) is 0 Å². The minimum atomic E-state index is 0.318. The molecular weight excluding hydrogens is 222 g/mol. The molecule has 0 aliphatic carbocycles. The summed E-state index contributed by atoms with van der Waals surface area (Å²) in [5.74, 6) is 0.318. The molecule has 2 aromatic rings. The lowest BCUT2D eigenvalue weighted by Gasteiger charge is -2.17. The zero-order valence-corrected chi connectivity index (χ0v) is 10.3. The van der Waals surface area contributed by atoms with Crippen molar-refractivity contribution in [1.29, 1.82) is 0 Å². The summed E-state index contributed by atoms with van der Waals surface area (Å²) >= 11 is 0. The zero-order valence-electron chi connectivity index (χ0n) is 10.3. The number of rotatable bonds is 6. The highest BCUT2D eigenvalue weighted by atomic mass is 16.1. The Kier molecular flexibility index (Phi) is 4.53. The van der Waals surface area contributed by atoms with Crippen LogP contribution in [0.15, 0.2) is 60.7 Å². The summed E-state index contributed by atoms with van der Waals surface area (Å²) in [6, 6.07) is 20.7. The van der Waals surface area contributed by atoms with Crippen molar-refractivity contribution in [2.24, 2.45) is 0 Å². The van der Waals surface area contributed by atoms with Crippen LogP contribution in [-0.2, 0) is 11.2 Å². The van der Waals surface area contributed by atoms with Gasteiger partial charge in [-0.25, -0.2) is 0 Å². The van der Waals surface area contributed by atoms with Gasteiger partial charge in [0.2, 0.25) is 6.41 Å². The quantitative estimate of drug-likeness (QED) is 0.772. The van der Waals surface area contributed by atoms with E-state index in [9.17, 15) is 4.79 Å². The van der Waals surface area contributed by atoms with Gasteiger partial charge in [-0.2, -0.15) is 0 Å². The molecule has 1 atom stereocenters. The van der Waals surface area contributed by atoms with Crippen LogP contribution in [0.3, 0.4) is 0 Å². The molecule has 2 aromatic carbocycles. The molecule has 1 N–H and O–H groups in total. The van der Waals surface area contributed by atoms with Gasteiger partial charge in [0.1, 0.15) is 0 Å². The molecule has 0 aliphatic rings. The third-order valence-corrected chi connectivity index (χ3v) is 3.04. The van der Waals surface area contributed by atoms with Gasteiger partial charge in [-0.05, 0) is 17.5 Å². The first-order valence-electron chi connectivity index (χ1n) is 6.16. The van der Waals surface area contributed by atoms with E-state index < -0.39 is 0 Å².